The van der Waals surface area contributed by atoms with Crippen LogP contribution in [0.15, 0.2) is 18.2 Å². The molecule has 1 amide bonds. The third-order valence-corrected chi connectivity index (χ3v) is 3.96. The minimum Gasteiger partial charge on any atom is -0.384 e. The van der Waals surface area contributed by atoms with Crippen LogP contribution in [0, 0.1) is 6.92 Å². The number of carbonyl (C=O) groups excluding carboxylic acids is 1. The summed E-state index contributed by atoms with van der Waals surface area (Å²) in [7, 11) is 0. The van der Waals surface area contributed by atoms with E-state index in [1.807, 2.05) is 32.0 Å². The highest BCUT2D eigenvalue weighted by atomic mass is 32.1. The van der Waals surface area contributed by atoms with Gasteiger partial charge in [0.25, 0.3) is 5.91 Å². The van der Waals surface area contributed by atoms with Gasteiger partial charge in [-0.15, -0.1) is 10.2 Å². The van der Waals surface area contributed by atoms with Gasteiger partial charge in [-0.05, 0) is 37.5 Å². The zero-order chi connectivity index (χ0) is 15.2. The molecule has 6 heteroatoms. The van der Waals surface area contributed by atoms with Crippen LogP contribution >= 0.6 is 11.3 Å². The van der Waals surface area contributed by atoms with Crippen LogP contribution in [0.2, 0.25) is 0 Å². The molecule has 0 radical (unpaired) electrons. The number of benzene rings is 1. The van der Waals surface area contributed by atoms with Crippen molar-refractivity contribution in [3.8, 4) is 0 Å². The third kappa shape index (κ3) is 4.01. The van der Waals surface area contributed by atoms with Crippen LogP contribution < -0.4 is 10.6 Å². The lowest BCUT2D eigenvalue weighted by Gasteiger charge is -2.11. The molecule has 0 saturated heterocycles. The van der Waals surface area contributed by atoms with Gasteiger partial charge in [-0.3, -0.25) is 10.1 Å². The van der Waals surface area contributed by atoms with Crippen LogP contribution in [-0.4, -0.2) is 22.6 Å². The number of nitrogens with zero attached hydrogens (tertiary/aromatic N) is 2. The maximum Gasteiger partial charge on any atom is 0.259 e. The number of hydrogen-bond donors (Lipinski definition) is 2. The molecule has 0 aliphatic carbocycles. The molecule has 0 aliphatic rings. The van der Waals surface area contributed by atoms with Gasteiger partial charge in [-0.1, -0.05) is 31.3 Å². The average molecular weight is 304 g/mol. The van der Waals surface area contributed by atoms with Crippen molar-refractivity contribution in [1.82, 2.24) is 10.2 Å². The Morgan fingerprint density at radius 2 is 2.10 bits per heavy atom. The monoisotopic (exact) mass is 304 g/mol. The molecule has 0 saturated carbocycles. The molecule has 1 heterocycles. The van der Waals surface area contributed by atoms with Crippen molar-refractivity contribution in [2.45, 2.75) is 33.6 Å². The number of hydrogen-bond acceptors (Lipinski definition) is 5. The fourth-order valence-corrected chi connectivity index (χ4v) is 2.55. The molecule has 0 bridgehead atoms. The summed E-state index contributed by atoms with van der Waals surface area (Å²) in [5, 5.41) is 15.5. The van der Waals surface area contributed by atoms with Gasteiger partial charge in [0.2, 0.25) is 5.13 Å². The van der Waals surface area contributed by atoms with Crippen molar-refractivity contribution in [2.75, 3.05) is 17.2 Å². The highest BCUT2D eigenvalue weighted by molar-refractivity contribution is 7.15. The van der Waals surface area contributed by atoms with Gasteiger partial charge in [0, 0.05) is 12.2 Å². The van der Waals surface area contributed by atoms with Crippen LogP contribution in [-0.2, 0) is 6.42 Å². The van der Waals surface area contributed by atoms with E-state index in [2.05, 4.69) is 27.8 Å². The number of nitrogens with one attached hydrogen (secondary N) is 2. The van der Waals surface area contributed by atoms with Crippen LogP contribution in [0.3, 0.4) is 0 Å². The normalized spacial score (nSPS) is 10.4. The predicted molar refractivity (Wildman–Crippen MR) is 87.2 cm³/mol. The summed E-state index contributed by atoms with van der Waals surface area (Å²) in [5.41, 5.74) is 2.60. The summed E-state index contributed by atoms with van der Waals surface area (Å²) in [6.45, 7) is 6.95. The standard InChI is InChI=1S/C15H20N4OS/c1-4-8-16-12-9-10(3)6-7-11(12)14(20)17-15-19-18-13(5-2)21-15/h6-7,9,16H,4-5,8H2,1-3H3,(H,17,19,20). The topological polar surface area (TPSA) is 66.9 Å². The van der Waals surface area contributed by atoms with Gasteiger partial charge >= 0.3 is 0 Å². The average Bonchev–Trinajstić information content (AvgIpc) is 2.92. The predicted octanol–water partition coefficient (Wildman–Crippen LogP) is 3.48. The first-order valence-corrected chi connectivity index (χ1v) is 7.94. The Bertz CT molecular complexity index is 624. The van der Waals surface area contributed by atoms with E-state index in [0.717, 1.165) is 35.6 Å². The lowest BCUT2D eigenvalue weighted by molar-refractivity contribution is 0.102. The SMILES string of the molecule is CCCNc1cc(C)ccc1C(=O)Nc1nnc(CC)s1. The molecule has 0 aliphatic heterocycles. The number of anilines is 2. The van der Waals surface area contributed by atoms with Gasteiger partial charge in [0.05, 0.1) is 5.56 Å². The quantitative estimate of drug-likeness (QED) is 0.857. The zero-order valence-electron chi connectivity index (χ0n) is 12.6. The maximum absolute atomic E-state index is 12.4. The minimum absolute atomic E-state index is 0.160. The zero-order valence-corrected chi connectivity index (χ0v) is 13.4. The molecule has 1 aromatic heterocycles. The van der Waals surface area contributed by atoms with Crippen molar-refractivity contribution >= 4 is 28.1 Å². The number of aryl methyl sites for hydroxylation is 2. The number of amides is 1. The van der Waals surface area contributed by atoms with Crippen molar-refractivity contribution in [1.29, 1.82) is 0 Å². The van der Waals surface area contributed by atoms with E-state index in [0.29, 0.717) is 10.7 Å². The Balaban J connectivity index is 2.17. The van der Waals surface area contributed by atoms with Gasteiger partial charge < -0.3 is 5.32 Å². The summed E-state index contributed by atoms with van der Waals surface area (Å²) in [6.07, 6.45) is 1.83. The smallest absolute Gasteiger partial charge is 0.259 e. The molecular weight excluding hydrogens is 284 g/mol. The Labute approximate surface area is 128 Å². The van der Waals surface area contributed by atoms with Crippen LogP contribution in [0.4, 0.5) is 10.8 Å². The molecule has 21 heavy (non-hydrogen) atoms. The first kappa shape index (κ1) is 15.4. The van der Waals surface area contributed by atoms with Gasteiger partial charge in [0.1, 0.15) is 5.01 Å². The first-order chi connectivity index (χ1) is 10.1. The Kier molecular flexibility index (Phi) is 5.27. The van der Waals surface area contributed by atoms with E-state index in [4.69, 9.17) is 0 Å². The van der Waals surface area contributed by atoms with E-state index in [1.165, 1.54) is 11.3 Å². The molecule has 2 N–H and O–H groups in total. The fraction of sp³-hybridized carbons (Fsp3) is 0.400. The molecule has 0 unspecified atom stereocenters. The Morgan fingerprint density at radius 1 is 1.29 bits per heavy atom. The second-order valence-corrected chi connectivity index (χ2v) is 5.85. The molecule has 1 aromatic carbocycles. The van der Waals surface area contributed by atoms with E-state index in [-0.39, 0.29) is 5.91 Å². The molecule has 0 spiro atoms. The molecule has 2 rings (SSSR count). The molecule has 0 atom stereocenters. The Morgan fingerprint density at radius 3 is 2.76 bits per heavy atom. The molecular formula is C15H20N4OS. The lowest BCUT2D eigenvalue weighted by atomic mass is 10.1. The molecule has 112 valence electrons. The van der Waals surface area contributed by atoms with E-state index in [9.17, 15) is 4.79 Å². The van der Waals surface area contributed by atoms with Gasteiger partial charge in [-0.25, -0.2) is 0 Å². The van der Waals surface area contributed by atoms with Crippen molar-refractivity contribution in [2.24, 2.45) is 0 Å². The fourth-order valence-electron chi connectivity index (χ4n) is 1.87. The highest BCUT2D eigenvalue weighted by Crippen LogP contribution is 2.21. The third-order valence-electron chi connectivity index (χ3n) is 2.97. The summed E-state index contributed by atoms with van der Waals surface area (Å²) < 4.78 is 0. The summed E-state index contributed by atoms with van der Waals surface area (Å²) in [4.78, 5) is 12.4. The first-order valence-electron chi connectivity index (χ1n) is 7.12. The van der Waals surface area contributed by atoms with Crippen molar-refractivity contribution < 1.29 is 4.79 Å². The highest BCUT2D eigenvalue weighted by Gasteiger charge is 2.13. The van der Waals surface area contributed by atoms with Crippen molar-refractivity contribution in [3.05, 3.63) is 34.3 Å². The number of carbonyl (C=O) groups is 1. The maximum atomic E-state index is 12.4. The lowest BCUT2D eigenvalue weighted by Crippen LogP contribution is -2.15. The second kappa shape index (κ2) is 7.17. The van der Waals surface area contributed by atoms with Gasteiger partial charge in [-0.2, -0.15) is 0 Å². The summed E-state index contributed by atoms with van der Waals surface area (Å²) >= 11 is 1.41. The van der Waals surface area contributed by atoms with Crippen molar-refractivity contribution in [3.63, 3.8) is 0 Å². The van der Waals surface area contributed by atoms with E-state index >= 15 is 0 Å². The number of rotatable bonds is 6. The van der Waals surface area contributed by atoms with E-state index in [1.54, 1.807) is 0 Å². The van der Waals surface area contributed by atoms with Crippen LogP contribution in [0.25, 0.3) is 0 Å². The molecule has 2 aromatic rings. The summed E-state index contributed by atoms with van der Waals surface area (Å²) in [5.74, 6) is -0.160. The minimum atomic E-state index is -0.160. The second-order valence-electron chi connectivity index (χ2n) is 4.78. The van der Waals surface area contributed by atoms with Crippen LogP contribution in [0.1, 0.15) is 41.2 Å². The van der Waals surface area contributed by atoms with Gasteiger partial charge in [0.15, 0.2) is 0 Å². The molecule has 5 nitrogen and oxygen atoms in total. The van der Waals surface area contributed by atoms with E-state index < -0.39 is 0 Å². The number of aromatic nitrogens is 2. The van der Waals surface area contributed by atoms with Crippen LogP contribution in [0.5, 0.6) is 0 Å². The summed E-state index contributed by atoms with van der Waals surface area (Å²) in [6, 6.07) is 5.76. The largest absolute Gasteiger partial charge is 0.384 e. The Hall–Kier alpha value is -1.95. The molecule has 0 fully saturated rings.